The van der Waals surface area contributed by atoms with Gasteiger partial charge < -0.3 is 29.7 Å². The first kappa shape index (κ1) is 35.0. The summed E-state index contributed by atoms with van der Waals surface area (Å²) in [4.78, 5) is 64.6. The summed E-state index contributed by atoms with van der Waals surface area (Å²) in [7, 11) is 0. The molecule has 1 aromatic heterocycles. The number of hydrogen-bond donors (Lipinski definition) is 2. The van der Waals surface area contributed by atoms with Crippen LogP contribution in [0.2, 0.25) is 0 Å². The first-order valence-corrected chi connectivity index (χ1v) is 15.8. The molecule has 1 aliphatic heterocycles. The van der Waals surface area contributed by atoms with Crippen molar-refractivity contribution >= 4 is 23.9 Å². The van der Waals surface area contributed by atoms with E-state index >= 15 is 0 Å². The molecule has 3 aromatic rings. The maximum absolute atomic E-state index is 13.8. The number of hydrogen-bond acceptors (Lipinski definition) is 9. The number of amides is 3. The Morgan fingerprint density at radius 2 is 1.53 bits per heavy atom. The van der Waals surface area contributed by atoms with Gasteiger partial charge in [-0.25, -0.2) is 14.8 Å². The minimum absolute atomic E-state index is 0.00617. The van der Waals surface area contributed by atoms with E-state index in [-0.39, 0.29) is 63.6 Å². The Kier molecular flexibility index (Phi) is 12.0. The van der Waals surface area contributed by atoms with Crippen LogP contribution in [-0.2, 0) is 25.5 Å². The van der Waals surface area contributed by atoms with Gasteiger partial charge in [0.25, 0.3) is 5.91 Å². The van der Waals surface area contributed by atoms with Crippen molar-refractivity contribution in [1.29, 1.82) is 0 Å². The van der Waals surface area contributed by atoms with Crippen LogP contribution in [0.5, 0.6) is 0 Å². The number of aliphatic hydroxyl groups is 1. The molecule has 2 heterocycles. The second-order valence-electron chi connectivity index (χ2n) is 12.2. The summed E-state index contributed by atoms with van der Waals surface area (Å²) in [5, 5.41) is 13.7. The predicted octanol–water partition coefficient (Wildman–Crippen LogP) is 3.94. The Bertz CT molecular complexity index is 1520. The second-order valence-corrected chi connectivity index (χ2v) is 12.2. The molecular formula is C35H43N5O7. The molecule has 0 saturated carbocycles. The lowest BCUT2D eigenvalue weighted by molar-refractivity contribution is -0.155. The molecule has 0 radical (unpaired) electrons. The van der Waals surface area contributed by atoms with Gasteiger partial charge in [-0.2, -0.15) is 0 Å². The highest BCUT2D eigenvalue weighted by molar-refractivity contribution is 5.96. The number of carbonyl (C=O) groups excluding carboxylic acids is 4. The number of esters is 1. The highest BCUT2D eigenvalue weighted by Gasteiger charge is 2.32. The Balaban J connectivity index is 1.57. The van der Waals surface area contributed by atoms with E-state index in [2.05, 4.69) is 15.3 Å². The summed E-state index contributed by atoms with van der Waals surface area (Å²) in [6.07, 6.45) is -1.31. The summed E-state index contributed by atoms with van der Waals surface area (Å²) >= 11 is 0. The lowest BCUT2D eigenvalue weighted by Crippen LogP contribution is -2.56. The number of ether oxygens (including phenoxy) is 2. The molecule has 4 rings (SSSR count). The fraction of sp³-hybridized carbons (Fsp3) is 0.429. The molecule has 12 heteroatoms. The molecule has 1 aliphatic rings. The first-order valence-electron chi connectivity index (χ1n) is 15.8. The van der Waals surface area contributed by atoms with Crippen molar-refractivity contribution in [2.75, 3.05) is 32.8 Å². The number of nitrogens with zero attached hydrogens (tertiary/aromatic N) is 4. The zero-order valence-corrected chi connectivity index (χ0v) is 27.3. The molecule has 250 valence electrons. The number of rotatable bonds is 11. The summed E-state index contributed by atoms with van der Waals surface area (Å²) in [6.45, 7) is 8.27. The molecule has 47 heavy (non-hydrogen) atoms. The van der Waals surface area contributed by atoms with Crippen molar-refractivity contribution in [3.63, 3.8) is 0 Å². The Morgan fingerprint density at radius 3 is 2.15 bits per heavy atom. The van der Waals surface area contributed by atoms with Gasteiger partial charge in [0.15, 0.2) is 5.82 Å². The highest BCUT2D eigenvalue weighted by atomic mass is 16.6. The molecule has 0 bridgehead atoms. The van der Waals surface area contributed by atoms with E-state index in [1.807, 2.05) is 60.7 Å². The van der Waals surface area contributed by atoms with Crippen molar-refractivity contribution in [2.24, 2.45) is 0 Å². The van der Waals surface area contributed by atoms with Crippen LogP contribution in [0.1, 0.15) is 68.4 Å². The van der Waals surface area contributed by atoms with Gasteiger partial charge in [-0.3, -0.25) is 14.4 Å². The number of nitrogens with one attached hydrogen (secondary N) is 1. The second kappa shape index (κ2) is 16.1. The van der Waals surface area contributed by atoms with Crippen molar-refractivity contribution in [3.05, 3.63) is 83.7 Å². The monoisotopic (exact) mass is 645 g/mol. The molecule has 2 atom stereocenters. The van der Waals surface area contributed by atoms with Crippen molar-refractivity contribution < 1.29 is 33.8 Å². The molecule has 3 amide bonds. The third-order valence-electron chi connectivity index (χ3n) is 7.41. The maximum atomic E-state index is 13.8. The number of aromatic nitrogens is 2. The topological polar surface area (TPSA) is 151 Å². The van der Waals surface area contributed by atoms with E-state index in [0.717, 1.165) is 0 Å². The van der Waals surface area contributed by atoms with Gasteiger partial charge in [0, 0.05) is 50.3 Å². The van der Waals surface area contributed by atoms with Crippen molar-refractivity contribution in [3.8, 4) is 11.4 Å². The van der Waals surface area contributed by atoms with Gasteiger partial charge in [-0.15, -0.1) is 0 Å². The number of piperazine rings is 1. The number of aliphatic hydroxyl groups excluding tert-OH is 1. The molecule has 12 nitrogen and oxygen atoms in total. The SMILES string of the molecule is CCOC(=O)N1CCN(C(=O)C(CCC(=O)OC(C)(C)C)NC(=O)c2cc(CC(O)c3ccccc3)nc(-c3ccccc3)n2)CC1. The molecule has 1 fully saturated rings. The van der Waals surface area contributed by atoms with Gasteiger partial charge >= 0.3 is 12.1 Å². The average molecular weight is 646 g/mol. The van der Waals surface area contributed by atoms with E-state index < -0.39 is 35.7 Å². The van der Waals surface area contributed by atoms with Crippen LogP contribution in [0.3, 0.4) is 0 Å². The zero-order valence-electron chi connectivity index (χ0n) is 27.3. The fourth-order valence-corrected chi connectivity index (χ4v) is 5.11. The zero-order chi connectivity index (χ0) is 34.0. The first-order chi connectivity index (χ1) is 22.4. The van der Waals surface area contributed by atoms with Crippen LogP contribution in [-0.4, -0.2) is 93.2 Å². The summed E-state index contributed by atoms with van der Waals surface area (Å²) in [5.74, 6) is -1.22. The molecule has 2 unspecified atom stereocenters. The summed E-state index contributed by atoms with van der Waals surface area (Å²) in [5.41, 5.74) is 1.12. The molecule has 2 N–H and O–H groups in total. The van der Waals surface area contributed by atoms with Gasteiger partial charge in [0.05, 0.1) is 12.7 Å². The lowest BCUT2D eigenvalue weighted by atomic mass is 10.0. The molecular weight excluding hydrogens is 602 g/mol. The van der Waals surface area contributed by atoms with Crippen LogP contribution < -0.4 is 5.32 Å². The predicted molar refractivity (Wildman–Crippen MR) is 174 cm³/mol. The van der Waals surface area contributed by atoms with Gasteiger partial charge in [-0.05, 0) is 45.7 Å². The normalized spacial score (nSPS) is 14.6. The van der Waals surface area contributed by atoms with Crippen LogP contribution in [0, 0.1) is 0 Å². The van der Waals surface area contributed by atoms with E-state index in [1.165, 1.54) is 11.0 Å². The largest absolute Gasteiger partial charge is 0.460 e. The maximum Gasteiger partial charge on any atom is 0.409 e. The fourth-order valence-electron chi connectivity index (χ4n) is 5.11. The lowest BCUT2D eigenvalue weighted by Gasteiger charge is -2.36. The molecule has 0 aliphatic carbocycles. The Morgan fingerprint density at radius 1 is 0.915 bits per heavy atom. The summed E-state index contributed by atoms with van der Waals surface area (Å²) in [6, 6.07) is 18.7. The molecule has 1 saturated heterocycles. The minimum atomic E-state index is -1.07. The number of benzene rings is 2. The van der Waals surface area contributed by atoms with Crippen molar-refractivity contribution in [1.82, 2.24) is 25.1 Å². The van der Waals surface area contributed by atoms with Gasteiger partial charge in [-0.1, -0.05) is 60.7 Å². The minimum Gasteiger partial charge on any atom is -0.460 e. The average Bonchev–Trinajstić information content (AvgIpc) is 3.06. The van der Waals surface area contributed by atoms with E-state index in [9.17, 15) is 24.3 Å². The van der Waals surface area contributed by atoms with E-state index in [1.54, 1.807) is 32.6 Å². The quantitative estimate of drug-likeness (QED) is 0.296. The molecule has 2 aromatic carbocycles. The smallest absolute Gasteiger partial charge is 0.409 e. The molecule has 0 spiro atoms. The summed E-state index contributed by atoms with van der Waals surface area (Å²) < 4.78 is 10.5. The number of carbonyl (C=O) groups is 4. The third-order valence-corrected chi connectivity index (χ3v) is 7.41. The van der Waals surface area contributed by atoms with E-state index in [0.29, 0.717) is 22.6 Å². The Labute approximate surface area is 275 Å². The standard InChI is InChI=1S/C35H43N5O7/c1-5-46-34(45)40-20-18-39(19-21-40)33(44)27(16-17-30(42)47-35(2,3)4)38-32(43)28-22-26(23-29(41)24-12-8-6-9-13-24)36-31(37-28)25-14-10-7-11-15-25/h6-15,22,27,29,41H,5,16-21,23H2,1-4H3,(H,38,43). The third kappa shape index (κ3) is 10.3. The van der Waals surface area contributed by atoms with Crippen LogP contribution in [0.4, 0.5) is 4.79 Å². The van der Waals surface area contributed by atoms with Crippen molar-refractivity contribution in [2.45, 2.75) is 64.7 Å². The van der Waals surface area contributed by atoms with Crippen LogP contribution >= 0.6 is 0 Å². The van der Waals surface area contributed by atoms with Crippen LogP contribution in [0.15, 0.2) is 66.7 Å². The van der Waals surface area contributed by atoms with Gasteiger partial charge in [0.2, 0.25) is 5.91 Å². The van der Waals surface area contributed by atoms with E-state index in [4.69, 9.17) is 9.47 Å². The Hall–Kier alpha value is -4.84. The van der Waals surface area contributed by atoms with Crippen LogP contribution in [0.25, 0.3) is 11.4 Å². The highest BCUT2D eigenvalue weighted by Crippen LogP contribution is 2.21. The van der Waals surface area contributed by atoms with Gasteiger partial charge in [0.1, 0.15) is 17.3 Å².